The zero-order chi connectivity index (χ0) is 23.7. The highest BCUT2D eigenvalue weighted by Gasteiger charge is 2.39. The number of hydrogen-bond acceptors (Lipinski definition) is 1. The second kappa shape index (κ2) is 7.64. The van der Waals surface area contributed by atoms with Crippen molar-refractivity contribution in [2.75, 3.05) is 0 Å². The van der Waals surface area contributed by atoms with Gasteiger partial charge in [0.15, 0.2) is 0 Å². The minimum absolute atomic E-state index is 0.301. The van der Waals surface area contributed by atoms with Gasteiger partial charge in [0.05, 0.1) is 20.2 Å². The number of aryl methyl sites for hydroxylation is 1. The summed E-state index contributed by atoms with van der Waals surface area (Å²) in [5.74, 6) is 0.301. The first-order valence-electron chi connectivity index (χ1n) is 12.4. The number of nitrogens with zero attached hydrogens (tertiary/aromatic N) is 1. The molecule has 1 aliphatic heterocycles. The van der Waals surface area contributed by atoms with Crippen molar-refractivity contribution < 1.29 is 0 Å². The fraction of sp³-hybridized carbons (Fsp3) is 0.219. The number of aliphatic imine (C=N–C) groups is 1. The average Bonchev–Trinajstić information content (AvgIpc) is 3.42. The molecule has 2 heteroatoms. The SMILES string of the molecule is CC1=Cc2ccccc2C1c1c2c(cc(C)c1[SiH](C)C)N=C1C(C)=C(C)C(c3ccccc3)=C12. The van der Waals surface area contributed by atoms with Crippen LogP contribution in [-0.4, -0.2) is 14.5 Å². The van der Waals surface area contributed by atoms with Gasteiger partial charge in [-0.3, -0.25) is 0 Å². The van der Waals surface area contributed by atoms with Crippen molar-refractivity contribution in [1.29, 1.82) is 0 Å². The third-order valence-corrected chi connectivity index (χ3v) is 9.85. The summed E-state index contributed by atoms with van der Waals surface area (Å²) in [7, 11) is -1.12. The first-order chi connectivity index (χ1) is 16.4. The molecule has 1 heterocycles. The molecule has 0 radical (unpaired) electrons. The standard InChI is InChI=1S/C32H31NSi/c1-18-16-23-14-10-11-15-24(23)26(18)30-28-25(17-19(2)32(30)34(5)6)33-31-21(4)20(3)27(29(28)31)22-12-8-7-9-13-22/h7-17,26,34H,1-6H3. The molecule has 3 aromatic carbocycles. The fourth-order valence-corrected chi connectivity index (χ4v) is 8.37. The highest BCUT2D eigenvalue weighted by Crippen LogP contribution is 2.53. The number of hydrogen-bond donors (Lipinski definition) is 0. The molecule has 1 atom stereocenters. The largest absolute Gasteiger partial charge is 0.247 e. The van der Waals surface area contributed by atoms with Crippen LogP contribution in [0.1, 0.15) is 60.1 Å². The monoisotopic (exact) mass is 457 g/mol. The smallest absolute Gasteiger partial charge is 0.0754 e. The second-order valence-electron chi connectivity index (χ2n) is 10.3. The summed E-state index contributed by atoms with van der Waals surface area (Å²) >= 11 is 0. The van der Waals surface area contributed by atoms with Crippen LogP contribution in [-0.2, 0) is 0 Å². The van der Waals surface area contributed by atoms with E-state index in [2.05, 4.69) is 108 Å². The molecule has 0 N–H and O–H groups in total. The molecular formula is C32H31NSi. The zero-order valence-electron chi connectivity index (χ0n) is 21.0. The van der Waals surface area contributed by atoms with Crippen LogP contribution in [0.5, 0.6) is 0 Å². The maximum atomic E-state index is 5.29. The molecule has 34 heavy (non-hydrogen) atoms. The Bertz CT molecular complexity index is 1500. The van der Waals surface area contributed by atoms with E-state index in [-0.39, 0.29) is 0 Å². The van der Waals surface area contributed by atoms with Gasteiger partial charge in [-0.1, -0.05) is 84.5 Å². The summed E-state index contributed by atoms with van der Waals surface area (Å²) < 4.78 is 0. The maximum absolute atomic E-state index is 5.29. The number of rotatable bonds is 3. The van der Waals surface area contributed by atoms with Gasteiger partial charge in [0.1, 0.15) is 0 Å². The van der Waals surface area contributed by atoms with Gasteiger partial charge in [-0.25, -0.2) is 4.99 Å². The number of fused-ring (bicyclic) bond motifs is 4. The molecule has 0 fully saturated rings. The molecule has 168 valence electrons. The van der Waals surface area contributed by atoms with Crippen LogP contribution < -0.4 is 5.19 Å². The van der Waals surface area contributed by atoms with Crippen molar-refractivity contribution in [1.82, 2.24) is 0 Å². The van der Waals surface area contributed by atoms with Gasteiger partial charge in [0, 0.05) is 17.1 Å². The Morgan fingerprint density at radius 1 is 0.794 bits per heavy atom. The van der Waals surface area contributed by atoms with Gasteiger partial charge < -0.3 is 0 Å². The average molecular weight is 458 g/mol. The predicted molar refractivity (Wildman–Crippen MR) is 150 cm³/mol. The zero-order valence-corrected chi connectivity index (χ0v) is 22.1. The molecule has 3 aromatic rings. The molecule has 2 aliphatic carbocycles. The molecule has 0 aromatic heterocycles. The van der Waals surface area contributed by atoms with E-state index < -0.39 is 8.80 Å². The summed E-state index contributed by atoms with van der Waals surface area (Å²) in [4.78, 5) is 5.29. The van der Waals surface area contributed by atoms with E-state index >= 15 is 0 Å². The first kappa shape index (κ1) is 21.3. The number of benzene rings is 3. The third kappa shape index (κ3) is 2.88. The van der Waals surface area contributed by atoms with E-state index in [9.17, 15) is 0 Å². The summed E-state index contributed by atoms with van der Waals surface area (Å²) in [6.45, 7) is 14.1. The normalized spacial score (nSPS) is 18.4. The summed E-state index contributed by atoms with van der Waals surface area (Å²) in [6, 6.07) is 22.2. The van der Waals surface area contributed by atoms with Gasteiger partial charge in [-0.05, 0) is 78.3 Å². The Balaban J connectivity index is 1.72. The van der Waals surface area contributed by atoms with Gasteiger partial charge >= 0.3 is 0 Å². The molecule has 0 saturated heterocycles. The van der Waals surface area contributed by atoms with E-state index in [1.54, 1.807) is 5.19 Å². The highest BCUT2D eigenvalue weighted by atomic mass is 28.3. The lowest BCUT2D eigenvalue weighted by Gasteiger charge is -2.27. The molecular weight excluding hydrogens is 426 g/mol. The van der Waals surface area contributed by atoms with Gasteiger partial charge in [-0.2, -0.15) is 0 Å². The minimum Gasteiger partial charge on any atom is -0.247 e. The minimum atomic E-state index is -1.12. The van der Waals surface area contributed by atoms with Crippen molar-refractivity contribution in [3.63, 3.8) is 0 Å². The molecule has 1 nitrogen and oxygen atoms in total. The second-order valence-corrected chi connectivity index (χ2v) is 13.2. The lowest BCUT2D eigenvalue weighted by atomic mass is 9.81. The first-order valence-corrected chi connectivity index (χ1v) is 15.3. The van der Waals surface area contributed by atoms with E-state index in [1.165, 1.54) is 67.0 Å². The Hall–Kier alpha value is -3.23. The van der Waals surface area contributed by atoms with Crippen molar-refractivity contribution in [2.45, 2.75) is 46.7 Å². The van der Waals surface area contributed by atoms with Crippen LogP contribution >= 0.6 is 0 Å². The van der Waals surface area contributed by atoms with E-state index in [0.29, 0.717) is 5.92 Å². The van der Waals surface area contributed by atoms with Gasteiger partial charge in [0.2, 0.25) is 0 Å². The van der Waals surface area contributed by atoms with Gasteiger partial charge in [0.25, 0.3) is 0 Å². The molecule has 0 saturated carbocycles. The van der Waals surface area contributed by atoms with Crippen molar-refractivity contribution in [3.05, 3.63) is 111 Å². The molecule has 6 rings (SSSR count). The van der Waals surface area contributed by atoms with Crippen molar-refractivity contribution in [3.8, 4) is 0 Å². The lowest BCUT2D eigenvalue weighted by Crippen LogP contribution is -2.32. The van der Waals surface area contributed by atoms with Crippen LogP contribution in [0.25, 0.3) is 17.2 Å². The fourth-order valence-electron chi connectivity index (χ4n) is 6.45. The summed E-state index contributed by atoms with van der Waals surface area (Å²) in [5, 5.41) is 1.62. The van der Waals surface area contributed by atoms with E-state index in [1.807, 2.05) is 0 Å². The molecule has 1 unspecified atom stereocenters. The van der Waals surface area contributed by atoms with Crippen LogP contribution in [0.3, 0.4) is 0 Å². The van der Waals surface area contributed by atoms with Gasteiger partial charge in [-0.15, -0.1) is 0 Å². The molecule has 0 spiro atoms. The number of allylic oxidation sites excluding steroid dienone is 5. The summed E-state index contributed by atoms with van der Waals surface area (Å²) in [6.07, 6.45) is 2.40. The van der Waals surface area contributed by atoms with Crippen LogP contribution in [0, 0.1) is 6.92 Å². The van der Waals surface area contributed by atoms with Crippen molar-refractivity contribution >= 4 is 42.6 Å². The topological polar surface area (TPSA) is 12.4 Å². The quantitative estimate of drug-likeness (QED) is 0.359. The Morgan fingerprint density at radius 2 is 1.50 bits per heavy atom. The molecule has 3 aliphatic rings. The Kier molecular flexibility index (Phi) is 4.79. The summed E-state index contributed by atoms with van der Waals surface area (Å²) in [5.41, 5.74) is 17.6. The Labute approximate surface area is 204 Å². The lowest BCUT2D eigenvalue weighted by molar-refractivity contribution is 0.978. The van der Waals surface area contributed by atoms with Crippen LogP contribution in [0.4, 0.5) is 5.69 Å². The van der Waals surface area contributed by atoms with Crippen molar-refractivity contribution in [2.24, 2.45) is 4.99 Å². The van der Waals surface area contributed by atoms with E-state index in [0.717, 1.165) is 5.69 Å². The highest BCUT2D eigenvalue weighted by molar-refractivity contribution is 6.72. The maximum Gasteiger partial charge on any atom is 0.0754 e. The van der Waals surface area contributed by atoms with Crippen LogP contribution in [0.2, 0.25) is 13.1 Å². The molecule has 0 bridgehead atoms. The Morgan fingerprint density at radius 3 is 2.24 bits per heavy atom. The third-order valence-electron chi connectivity index (χ3n) is 7.93. The van der Waals surface area contributed by atoms with Crippen LogP contribution in [0.15, 0.2) is 82.4 Å². The molecule has 0 amide bonds. The van der Waals surface area contributed by atoms with E-state index in [4.69, 9.17) is 4.99 Å². The predicted octanol–water partition coefficient (Wildman–Crippen LogP) is 7.58.